The predicted molar refractivity (Wildman–Crippen MR) is 53.0 cm³/mol. The first-order chi connectivity index (χ1) is 5.75. The van der Waals surface area contributed by atoms with E-state index < -0.39 is 0 Å². The lowest BCUT2D eigenvalue weighted by Gasteiger charge is -2.12. The van der Waals surface area contributed by atoms with Crippen molar-refractivity contribution in [3.8, 4) is 0 Å². The number of nitrogens with two attached hydrogens (primary N) is 1. The zero-order chi connectivity index (χ0) is 8.97. The molecule has 0 aromatic heterocycles. The zero-order valence-electron chi connectivity index (χ0n) is 7.88. The fourth-order valence-corrected chi connectivity index (χ4v) is 1.47. The Kier molecular flexibility index (Phi) is 3.30. The molecule has 0 aliphatic carbocycles. The van der Waals surface area contributed by atoms with Crippen LogP contribution in [0.4, 0.5) is 0 Å². The highest BCUT2D eigenvalue weighted by molar-refractivity contribution is 5.28. The number of aryl methyl sites for hydroxylation is 1. The molecule has 1 atom stereocenters. The van der Waals surface area contributed by atoms with Crippen molar-refractivity contribution in [2.45, 2.75) is 32.7 Å². The molecule has 0 aliphatic heterocycles. The van der Waals surface area contributed by atoms with Gasteiger partial charge in [-0.25, -0.2) is 0 Å². The van der Waals surface area contributed by atoms with Crippen molar-refractivity contribution >= 4 is 0 Å². The molecule has 0 heterocycles. The van der Waals surface area contributed by atoms with E-state index in [-0.39, 0.29) is 6.04 Å². The zero-order valence-corrected chi connectivity index (χ0v) is 7.88. The maximum Gasteiger partial charge on any atom is 0.0297 e. The molecule has 12 heavy (non-hydrogen) atoms. The summed E-state index contributed by atoms with van der Waals surface area (Å²) in [4.78, 5) is 0. The molecule has 0 amide bonds. The SMILES string of the molecule is CCC[C@H](N)c1ccccc1C. The summed E-state index contributed by atoms with van der Waals surface area (Å²) in [5, 5.41) is 0. The lowest BCUT2D eigenvalue weighted by molar-refractivity contribution is 0.635. The van der Waals surface area contributed by atoms with Gasteiger partial charge in [0.2, 0.25) is 0 Å². The highest BCUT2D eigenvalue weighted by Crippen LogP contribution is 2.18. The van der Waals surface area contributed by atoms with Gasteiger partial charge in [-0.05, 0) is 24.5 Å². The van der Waals surface area contributed by atoms with Crippen molar-refractivity contribution in [2.24, 2.45) is 5.73 Å². The Labute approximate surface area is 74.6 Å². The molecule has 0 saturated carbocycles. The van der Waals surface area contributed by atoms with Gasteiger partial charge in [-0.1, -0.05) is 37.6 Å². The second kappa shape index (κ2) is 4.27. The van der Waals surface area contributed by atoms with Gasteiger partial charge >= 0.3 is 0 Å². The highest BCUT2D eigenvalue weighted by Gasteiger charge is 2.05. The molecule has 1 heteroatoms. The average molecular weight is 163 g/mol. The lowest BCUT2D eigenvalue weighted by atomic mass is 9.99. The molecule has 0 radical (unpaired) electrons. The van der Waals surface area contributed by atoms with Crippen molar-refractivity contribution in [1.29, 1.82) is 0 Å². The summed E-state index contributed by atoms with van der Waals surface area (Å²) in [6.45, 7) is 4.28. The third-order valence-corrected chi connectivity index (χ3v) is 2.19. The minimum absolute atomic E-state index is 0.219. The van der Waals surface area contributed by atoms with Crippen LogP contribution in [0.3, 0.4) is 0 Å². The molecule has 1 aromatic rings. The van der Waals surface area contributed by atoms with Crippen LogP contribution < -0.4 is 5.73 Å². The standard InChI is InChI=1S/C11H17N/c1-3-6-11(12)10-8-5-4-7-9(10)2/h4-5,7-8,11H,3,6,12H2,1-2H3/t11-/m0/s1. The van der Waals surface area contributed by atoms with Gasteiger partial charge in [0.15, 0.2) is 0 Å². The maximum atomic E-state index is 6.01. The van der Waals surface area contributed by atoms with Crippen molar-refractivity contribution in [3.63, 3.8) is 0 Å². The van der Waals surface area contributed by atoms with E-state index in [4.69, 9.17) is 5.73 Å². The molecular formula is C11H17N. The van der Waals surface area contributed by atoms with Gasteiger partial charge in [-0.2, -0.15) is 0 Å². The van der Waals surface area contributed by atoms with Crippen LogP contribution in [0.25, 0.3) is 0 Å². The molecule has 0 fully saturated rings. The van der Waals surface area contributed by atoms with Crippen LogP contribution in [-0.2, 0) is 0 Å². The minimum atomic E-state index is 0.219. The topological polar surface area (TPSA) is 26.0 Å². The van der Waals surface area contributed by atoms with Gasteiger partial charge in [0.1, 0.15) is 0 Å². The second-order valence-electron chi connectivity index (χ2n) is 3.25. The molecule has 66 valence electrons. The fourth-order valence-electron chi connectivity index (χ4n) is 1.47. The smallest absolute Gasteiger partial charge is 0.0297 e. The normalized spacial score (nSPS) is 12.9. The maximum absolute atomic E-state index is 6.01. The molecule has 0 aliphatic rings. The van der Waals surface area contributed by atoms with Crippen LogP contribution in [0, 0.1) is 6.92 Å². The monoisotopic (exact) mass is 163 g/mol. The summed E-state index contributed by atoms with van der Waals surface area (Å²) in [5.41, 5.74) is 8.60. The predicted octanol–water partition coefficient (Wildman–Crippen LogP) is 2.79. The van der Waals surface area contributed by atoms with E-state index in [0.717, 1.165) is 12.8 Å². The number of hydrogen-bond donors (Lipinski definition) is 1. The molecule has 1 aromatic carbocycles. The van der Waals surface area contributed by atoms with Gasteiger partial charge < -0.3 is 5.73 Å². The van der Waals surface area contributed by atoms with Gasteiger partial charge in [0, 0.05) is 6.04 Å². The van der Waals surface area contributed by atoms with Crippen LogP contribution >= 0.6 is 0 Å². The fraction of sp³-hybridized carbons (Fsp3) is 0.455. The Hall–Kier alpha value is -0.820. The van der Waals surface area contributed by atoms with E-state index in [1.807, 2.05) is 0 Å². The van der Waals surface area contributed by atoms with Crippen molar-refractivity contribution in [1.82, 2.24) is 0 Å². The van der Waals surface area contributed by atoms with Crippen LogP contribution in [0.15, 0.2) is 24.3 Å². The summed E-state index contributed by atoms with van der Waals surface area (Å²) in [5.74, 6) is 0. The van der Waals surface area contributed by atoms with E-state index in [9.17, 15) is 0 Å². The van der Waals surface area contributed by atoms with Crippen LogP contribution in [0.5, 0.6) is 0 Å². The Morgan fingerprint density at radius 2 is 2.00 bits per heavy atom. The Morgan fingerprint density at radius 3 is 2.58 bits per heavy atom. The van der Waals surface area contributed by atoms with Gasteiger partial charge in [0.05, 0.1) is 0 Å². The first kappa shape index (κ1) is 9.27. The molecule has 1 nitrogen and oxygen atoms in total. The van der Waals surface area contributed by atoms with Crippen molar-refractivity contribution in [3.05, 3.63) is 35.4 Å². The number of rotatable bonds is 3. The molecule has 0 spiro atoms. The Balaban J connectivity index is 2.79. The van der Waals surface area contributed by atoms with E-state index >= 15 is 0 Å². The molecule has 0 unspecified atom stereocenters. The van der Waals surface area contributed by atoms with Crippen molar-refractivity contribution < 1.29 is 0 Å². The van der Waals surface area contributed by atoms with Gasteiger partial charge in [-0.15, -0.1) is 0 Å². The second-order valence-corrected chi connectivity index (χ2v) is 3.25. The highest BCUT2D eigenvalue weighted by atomic mass is 14.6. The summed E-state index contributed by atoms with van der Waals surface area (Å²) >= 11 is 0. The van der Waals surface area contributed by atoms with Crippen molar-refractivity contribution in [2.75, 3.05) is 0 Å². The summed E-state index contributed by atoms with van der Waals surface area (Å²) in [6.07, 6.45) is 2.22. The molecule has 0 saturated heterocycles. The van der Waals surface area contributed by atoms with Gasteiger partial charge in [-0.3, -0.25) is 0 Å². The van der Waals surface area contributed by atoms with Crippen LogP contribution in [-0.4, -0.2) is 0 Å². The summed E-state index contributed by atoms with van der Waals surface area (Å²) in [7, 11) is 0. The number of hydrogen-bond acceptors (Lipinski definition) is 1. The largest absolute Gasteiger partial charge is 0.324 e. The minimum Gasteiger partial charge on any atom is -0.324 e. The van der Waals surface area contributed by atoms with E-state index in [1.54, 1.807) is 0 Å². The van der Waals surface area contributed by atoms with E-state index in [1.165, 1.54) is 11.1 Å². The quantitative estimate of drug-likeness (QED) is 0.728. The first-order valence-electron chi connectivity index (χ1n) is 4.56. The molecular weight excluding hydrogens is 146 g/mol. The summed E-state index contributed by atoms with van der Waals surface area (Å²) < 4.78 is 0. The molecule has 0 bridgehead atoms. The molecule has 2 N–H and O–H groups in total. The van der Waals surface area contributed by atoms with Crippen LogP contribution in [0.2, 0.25) is 0 Å². The van der Waals surface area contributed by atoms with E-state index in [2.05, 4.69) is 38.1 Å². The third kappa shape index (κ3) is 2.08. The van der Waals surface area contributed by atoms with Crippen LogP contribution in [0.1, 0.15) is 36.9 Å². The van der Waals surface area contributed by atoms with Gasteiger partial charge in [0.25, 0.3) is 0 Å². The summed E-state index contributed by atoms with van der Waals surface area (Å²) in [6, 6.07) is 8.56. The lowest BCUT2D eigenvalue weighted by Crippen LogP contribution is -2.10. The third-order valence-electron chi connectivity index (χ3n) is 2.19. The van der Waals surface area contributed by atoms with E-state index in [0.29, 0.717) is 0 Å². The molecule has 1 rings (SSSR count). The number of benzene rings is 1. The average Bonchev–Trinajstić information content (AvgIpc) is 2.05. The Bertz CT molecular complexity index is 243. The first-order valence-corrected chi connectivity index (χ1v) is 4.56. The Morgan fingerprint density at radius 1 is 1.33 bits per heavy atom.